The quantitative estimate of drug-likeness (QED) is 0.582. The molecular weight excluding hydrogens is 246 g/mol. The molecule has 0 saturated carbocycles. The highest BCUT2D eigenvalue weighted by Gasteiger charge is 2.06. The van der Waals surface area contributed by atoms with Gasteiger partial charge in [0.25, 0.3) is 0 Å². The molecule has 0 unspecified atom stereocenters. The maximum Gasteiger partial charge on any atom is 0.0671 e. The van der Waals surface area contributed by atoms with Crippen LogP contribution in [-0.4, -0.2) is 14.8 Å². The highest BCUT2D eigenvalue weighted by atomic mass is 15.1. The SMILES string of the molecule is [c]1cc(-c2ccccc2)n(-c2ccc3cn[nH]c3c2)c1. The van der Waals surface area contributed by atoms with Gasteiger partial charge in [0, 0.05) is 23.3 Å². The number of benzene rings is 2. The van der Waals surface area contributed by atoms with Gasteiger partial charge in [0.1, 0.15) is 0 Å². The Bertz CT molecular complexity index is 856. The van der Waals surface area contributed by atoms with Crippen LogP contribution < -0.4 is 0 Å². The molecule has 4 rings (SSSR count). The highest BCUT2D eigenvalue weighted by Crippen LogP contribution is 2.24. The molecule has 0 saturated heterocycles. The number of aromatic amines is 1. The first-order valence-electron chi connectivity index (χ1n) is 6.49. The van der Waals surface area contributed by atoms with Crippen LogP contribution in [0.3, 0.4) is 0 Å². The van der Waals surface area contributed by atoms with Gasteiger partial charge in [-0.25, -0.2) is 0 Å². The van der Waals surface area contributed by atoms with Gasteiger partial charge in [0.05, 0.1) is 17.4 Å². The summed E-state index contributed by atoms with van der Waals surface area (Å²) < 4.78 is 2.13. The van der Waals surface area contributed by atoms with Crippen molar-refractivity contribution in [3.8, 4) is 16.9 Å². The molecule has 0 spiro atoms. The molecule has 0 bridgehead atoms. The monoisotopic (exact) mass is 258 g/mol. The van der Waals surface area contributed by atoms with Crippen LogP contribution in [-0.2, 0) is 0 Å². The maximum atomic E-state index is 4.06. The smallest absolute Gasteiger partial charge is 0.0671 e. The average molecular weight is 258 g/mol. The molecule has 1 N–H and O–H groups in total. The second-order valence-electron chi connectivity index (χ2n) is 4.70. The van der Waals surface area contributed by atoms with Crippen molar-refractivity contribution in [1.82, 2.24) is 14.8 Å². The van der Waals surface area contributed by atoms with E-state index in [1.165, 1.54) is 5.56 Å². The number of H-pyrrole nitrogens is 1. The number of fused-ring (bicyclic) bond motifs is 1. The van der Waals surface area contributed by atoms with Gasteiger partial charge in [-0.1, -0.05) is 30.3 Å². The first kappa shape index (κ1) is 11.1. The zero-order valence-electron chi connectivity index (χ0n) is 10.7. The van der Waals surface area contributed by atoms with Crippen LogP contribution in [0.4, 0.5) is 0 Å². The van der Waals surface area contributed by atoms with Crippen LogP contribution in [0.15, 0.2) is 67.0 Å². The molecule has 3 heteroatoms. The first-order valence-corrected chi connectivity index (χ1v) is 6.49. The van der Waals surface area contributed by atoms with E-state index in [9.17, 15) is 0 Å². The lowest BCUT2D eigenvalue weighted by Crippen LogP contribution is -1.94. The topological polar surface area (TPSA) is 33.6 Å². The van der Waals surface area contributed by atoms with Gasteiger partial charge in [0.2, 0.25) is 0 Å². The lowest BCUT2D eigenvalue weighted by molar-refractivity contribution is 1.08. The molecule has 3 nitrogen and oxygen atoms in total. The van der Waals surface area contributed by atoms with Gasteiger partial charge >= 0.3 is 0 Å². The number of nitrogens with one attached hydrogen (secondary N) is 1. The molecule has 0 aliphatic carbocycles. The zero-order chi connectivity index (χ0) is 13.4. The summed E-state index contributed by atoms with van der Waals surface area (Å²) in [5, 5.41) is 8.19. The molecule has 1 radical (unpaired) electrons. The van der Waals surface area contributed by atoms with Crippen LogP contribution in [0.5, 0.6) is 0 Å². The minimum atomic E-state index is 1.04. The molecule has 2 heterocycles. The van der Waals surface area contributed by atoms with E-state index in [1.807, 2.05) is 36.7 Å². The number of hydrogen-bond donors (Lipinski definition) is 1. The minimum Gasteiger partial charge on any atom is -0.316 e. The second kappa shape index (κ2) is 4.38. The summed E-state index contributed by atoms with van der Waals surface area (Å²) in [5.74, 6) is 0. The fraction of sp³-hybridized carbons (Fsp3) is 0. The largest absolute Gasteiger partial charge is 0.316 e. The Balaban J connectivity index is 1.88. The van der Waals surface area contributed by atoms with E-state index in [-0.39, 0.29) is 0 Å². The normalized spacial score (nSPS) is 11.0. The van der Waals surface area contributed by atoms with Gasteiger partial charge in [0.15, 0.2) is 0 Å². The molecule has 2 aromatic heterocycles. The maximum absolute atomic E-state index is 4.06. The summed E-state index contributed by atoms with van der Waals surface area (Å²) in [6.45, 7) is 0. The molecule has 0 fully saturated rings. The van der Waals surface area contributed by atoms with Crippen LogP contribution in [0, 0.1) is 6.07 Å². The van der Waals surface area contributed by atoms with Crippen molar-refractivity contribution in [2.24, 2.45) is 0 Å². The minimum absolute atomic E-state index is 1.04. The van der Waals surface area contributed by atoms with Gasteiger partial charge in [-0.05, 0) is 29.8 Å². The van der Waals surface area contributed by atoms with Crippen LogP contribution in [0.25, 0.3) is 27.8 Å². The van der Waals surface area contributed by atoms with Crippen molar-refractivity contribution in [2.75, 3.05) is 0 Å². The van der Waals surface area contributed by atoms with Crippen molar-refractivity contribution in [2.45, 2.75) is 0 Å². The average Bonchev–Trinajstić information content (AvgIpc) is 3.16. The highest BCUT2D eigenvalue weighted by molar-refractivity contribution is 5.80. The molecule has 20 heavy (non-hydrogen) atoms. The molecule has 4 aromatic rings. The van der Waals surface area contributed by atoms with E-state index >= 15 is 0 Å². The lowest BCUT2D eigenvalue weighted by atomic mass is 10.1. The Hall–Kier alpha value is -2.81. The lowest BCUT2D eigenvalue weighted by Gasteiger charge is -2.09. The van der Waals surface area contributed by atoms with Crippen LogP contribution in [0.2, 0.25) is 0 Å². The third-order valence-corrected chi connectivity index (χ3v) is 3.46. The summed E-state index contributed by atoms with van der Waals surface area (Å²) in [6, 6.07) is 21.8. The van der Waals surface area contributed by atoms with Crippen molar-refractivity contribution >= 4 is 10.9 Å². The van der Waals surface area contributed by atoms with E-state index in [1.54, 1.807) is 0 Å². The van der Waals surface area contributed by atoms with Crippen molar-refractivity contribution in [3.05, 3.63) is 73.1 Å². The van der Waals surface area contributed by atoms with Crippen molar-refractivity contribution < 1.29 is 0 Å². The van der Waals surface area contributed by atoms with Gasteiger partial charge in [-0.15, -0.1) is 0 Å². The number of hydrogen-bond acceptors (Lipinski definition) is 1. The molecule has 0 aliphatic heterocycles. The molecule has 2 aromatic carbocycles. The molecule has 0 aliphatic rings. The number of nitrogens with zero attached hydrogens (tertiary/aromatic N) is 2. The molecule has 0 atom stereocenters. The second-order valence-corrected chi connectivity index (χ2v) is 4.70. The predicted octanol–water partition coefficient (Wildman–Crippen LogP) is 3.82. The summed E-state index contributed by atoms with van der Waals surface area (Å²) in [4.78, 5) is 0. The van der Waals surface area contributed by atoms with Gasteiger partial charge < -0.3 is 4.57 Å². The molecule has 95 valence electrons. The Morgan fingerprint density at radius 1 is 1.05 bits per heavy atom. The van der Waals surface area contributed by atoms with E-state index < -0.39 is 0 Å². The fourth-order valence-electron chi connectivity index (χ4n) is 2.45. The first-order chi connectivity index (χ1) is 9.92. The zero-order valence-corrected chi connectivity index (χ0v) is 10.7. The molecule has 0 amide bonds. The Labute approximate surface area is 116 Å². The Morgan fingerprint density at radius 3 is 2.85 bits per heavy atom. The third kappa shape index (κ3) is 1.72. The van der Waals surface area contributed by atoms with E-state index in [0.29, 0.717) is 0 Å². The van der Waals surface area contributed by atoms with E-state index in [2.05, 4.69) is 51.2 Å². The predicted molar refractivity (Wildman–Crippen MR) is 79.7 cm³/mol. The van der Waals surface area contributed by atoms with E-state index in [0.717, 1.165) is 22.3 Å². The summed E-state index contributed by atoms with van der Waals surface area (Å²) in [5.41, 5.74) is 4.44. The Morgan fingerprint density at radius 2 is 1.95 bits per heavy atom. The summed E-state index contributed by atoms with van der Waals surface area (Å²) >= 11 is 0. The van der Waals surface area contributed by atoms with Crippen molar-refractivity contribution in [3.63, 3.8) is 0 Å². The van der Waals surface area contributed by atoms with Crippen molar-refractivity contribution in [1.29, 1.82) is 0 Å². The van der Waals surface area contributed by atoms with Gasteiger partial charge in [-0.3, -0.25) is 5.10 Å². The van der Waals surface area contributed by atoms with Gasteiger partial charge in [-0.2, -0.15) is 5.10 Å². The standard InChI is InChI=1S/C17H12N3/c1-2-5-13(6-3-1)17-7-4-10-20(17)15-9-8-14-12-18-19-16(14)11-15/h1-3,5-12H,(H,18,19). The van der Waals surface area contributed by atoms with Crippen LogP contribution in [0.1, 0.15) is 0 Å². The molecular formula is C17H12N3. The third-order valence-electron chi connectivity index (χ3n) is 3.46. The fourth-order valence-corrected chi connectivity index (χ4v) is 2.45. The van der Waals surface area contributed by atoms with Crippen LogP contribution >= 0.6 is 0 Å². The summed E-state index contributed by atoms with van der Waals surface area (Å²) in [7, 11) is 0. The summed E-state index contributed by atoms with van der Waals surface area (Å²) in [6.07, 6.45) is 3.79. The number of aromatic nitrogens is 3. The Kier molecular flexibility index (Phi) is 2.42. The van der Waals surface area contributed by atoms with E-state index in [4.69, 9.17) is 0 Å². The number of rotatable bonds is 2.